The SMILES string of the molecule is O=C(CN1CCOCC1)NCC(O)c1ccccc1F. The van der Waals surface area contributed by atoms with Gasteiger partial charge in [-0.25, -0.2) is 4.39 Å². The highest BCUT2D eigenvalue weighted by Gasteiger charge is 2.16. The maximum atomic E-state index is 13.4. The Morgan fingerprint density at radius 1 is 1.40 bits per heavy atom. The summed E-state index contributed by atoms with van der Waals surface area (Å²) in [6.07, 6.45) is -1.04. The topological polar surface area (TPSA) is 61.8 Å². The molecule has 1 fully saturated rings. The fourth-order valence-electron chi connectivity index (χ4n) is 2.08. The van der Waals surface area contributed by atoms with Crippen LogP contribution in [0, 0.1) is 5.82 Å². The Bertz CT molecular complexity index is 450. The van der Waals surface area contributed by atoms with Gasteiger partial charge in [-0.15, -0.1) is 0 Å². The Kier molecular flexibility index (Phi) is 5.46. The molecule has 5 nitrogen and oxygen atoms in total. The van der Waals surface area contributed by atoms with Crippen molar-refractivity contribution in [3.63, 3.8) is 0 Å². The van der Waals surface area contributed by atoms with Crippen LogP contribution in [0.15, 0.2) is 24.3 Å². The minimum Gasteiger partial charge on any atom is -0.386 e. The molecule has 0 saturated carbocycles. The van der Waals surface area contributed by atoms with Crippen molar-refractivity contribution in [2.75, 3.05) is 39.4 Å². The number of benzene rings is 1. The number of amides is 1. The molecule has 1 aliphatic heterocycles. The third-order valence-corrected chi connectivity index (χ3v) is 3.23. The average Bonchev–Trinajstić information content (AvgIpc) is 2.46. The molecule has 2 rings (SSSR count). The Balaban J connectivity index is 1.76. The molecule has 20 heavy (non-hydrogen) atoms. The van der Waals surface area contributed by atoms with Crippen molar-refractivity contribution in [3.05, 3.63) is 35.6 Å². The Morgan fingerprint density at radius 3 is 2.80 bits per heavy atom. The highest BCUT2D eigenvalue weighted by molar-refractivity contribution is 5.78. The number of hydrogen-bond donors (Lipinski definition) is 2. The first-order valence-corrected chi connectivity index (χ1v) is 6.66. The van der Waals surface area contributed by atoms with E-state index >= 15 is 0 Å². The molecule has 0 spiro atoms. The Labute approximate surface area is 117 Å². The first-order chi connectivity index (χ1) is 9.66. The Hall–Kier alpha value is -1.50. The molecule has 0 radical (unpaired) electrons. The second kappa shape index (κ2) is 7.33. The minimum atomic E-state index is -1.04. The first-order valence-electron chi connectivity index (χ1n) is 6.66. The molecular weight excluding hydrogens is 263 g/mol. The molecule has 1 atom stereocenters. The normalized spacial score (nSPS) is 17.7. The molecule has 1 aliphatic rings. The molecule has 1 heterocycles. The molecule has 110 valence electrons. The first kappa shape index (κ1) is 14.9. The van der Waals surface area contributed by atoms with Crippen molar-refractivity contribution in [2.45, 2.75) is 6.10 Å². The van der Waals surface area contributed by atoms with Gasteiger partial charge in [0.1, 0.15) is 5.82 Å². The molecule has 1 aromatic rings. The quantitative estimate of drug-likeness (QED) is 0.816. The molecule has 1 aromatic carbocycles. The van der Waals surface area contributed by atoms with Crippen molar-refractivity contribution in [1.29, 1.82) is 0 Å². The lowest BCUT2D eigenvalue weighted by Gasteiger charge is -2.26. The number of carbonyl (C=O) groups is 1. The van der Waals surface area contributed by atoms with Crippen LogP contribution in [0.25, 0.3) is 0 Å². The molecule has 1 unspecified atom stereocenters. The van der Waals surface area contributed by atoms with Crippen LogP contribution >= 0.6 is 0 Å². The van der Waals surface area contributed by atoms with Crippen LogP contribution in [0.2, 0.25) is 0 Å². The van der Waals surface area contributed by atoms with Gasteiger partial charge in [0.2, 0.25) is 5.91 Å². The van der Waals surface area contributed by atoms with E-state index in [4.69, 9.17) is 4.74 Å². The summed E-state index contributed by atoms with van der Waals surface area (Å²) in [6, 6.07) is 6.00. The lowest BCUT2D eigenvalue weighted by molar-refractivity contribution is -0.123. The summed E-state index contributed by atoms with van der Waals surface area (Å²) >= 11 is 0. The number of hydrogen-bond acceptors (Lipinski definition) is 4. The monoisotopic (exact) mass is 282 g/mol. The molecular formula is C14H19FN2O3. The lowest BCUT2D eigenvalue weighted by Crippen LogP contribution is -2.43. The van der Waals surface area contributed by atoms with Gasteiger partial charge in [0, 0.05) is 25.2 Å². The summed E-state index contributed by atoms with van der Waals surface area (Å²) in [4.78, 5) is 13.7. The van der Waals surface area contributed by atoms with Crippen molar-refractivity contribution < 1.29 is 19.0 Å². The van der Waals surface area contributed by atoms with Gasteiger partial charge >= 0.3 is 0 Å². The number of carbonyl (C=O) groups excluding carboxylic acids is 1. The van der Waals surface area contributed by atoms with Gasteiger partial charge in [0.05, 0.1) is 25.9 Å². The predicted molar refractivity (Wildman–Crippen MR) is 71.6 cm³/mol. The van der Waals surface area contributed by atoms with Gasteiger partial charge in [-0.1, -0.05) is 18.2 Å². The maximum Gasteiger partial charge on any atom is 0.234 e. The van der Waals surface area contributed by atoms with Crippen LogP contribution in [0.1, 0.15) is 11.7 Å². The van der Waals surface area contributed by atoms with Gasteiger partial charge in [-0.05, 0) is 6.07 Å². The van der Waals surface area contributed by atoms with Crippen molar-refractivity contribution >= 4 is 5.91 Å². The summed E-state index contributed by atoms with van der Waals surface area (Å²) in [6.45, 7) is 2.99. The van der Waals surface area contributed by atoms with Gasteiger partial charge in [-0.3, -0.25) is 9.69 Å². The summed E-state index contributed by atoms with van der Waals surface area (Å²) in [7, 11) is 0. The van der Waals surface area contributed by atoms with Gasteiger partial charge in [-0.2, -0.15) is 0 Å². The third-order valence-electron chi connectivity index (χ3n) is 3.23. The van der Waals surface area contributed by atoms with E-state index in [1.54, 1.807) is 12.1 Å². The van der Waals surface area contributed by atoms with E-state index in [9.17, 15) is 14.3 Å². The molecule has 1 amide bonds. The lowest BCUT2D eigenvalue weighted by atomic mass is 10.1. The van der Waals surface area contributed by atoms with E-state index in [1.165, 1.54) is 12.1 Å². The van der Waals surface area contributed by atoms with E-state index in [2.05, 4.69) is 5.32 Å². The molecule has 2 N–H and O–H groups in total. The van der Waals surface area contributed by atoms with Crippen molar-refractivity contribution in [3.8, 4) is 0 Å². The smallest absolute Gasteiger partial charge is 0.234 e. The largest absolute Gasteiger partial charge is 0.386 e. The van der Waals surface area contributed by atoms with E-state index in [1.807, 2.05) is 4.90 Å². The molecule has 0 aliphatic carbocycles. The van der Waals surface area contributed by atoms with Crippen LogP contribution in [-0.4, -0.2) is 55.3 Å². The van der Waals surface area contributed by atoms with Crippen molar-refractivity contribution in [2.24, 2.45) is 0 Å². The Morgan fingerprint density at radius 2 is 2.10 bits per heavy atom. The molecule has 6 heteroatoms. The standard InChI is InChI=1S/C14H19FN2O3/c15-12-4-2-1-3-11(12)13(18)9-16-14(19)10-17-5-7-20-8-6-17/h1-4,13,18H,5-10H2,(H,16,19). The zero-order valence-electron chi connectivity index (χ0n) is 11.2. The minimum absolute atomic E-state index is 0.00407. The van der Waals surface area contributed by atoms with Crippen LogP contribution in [0.4, 0.5) is 4.39 Å². The van der Waals surface area contributed by atoms with Crippen LogP contribution < -0.4 is 5.32 Å². The van der Waals surface area contributed by atoms with Gasteiger partial charge in [0.15, 0.2) is 0 Å². The summed E-state index contributed by atoms with van der Waals surface area (Å²) < 4.78 is 18.6. The van der Waals surface area contributed by atoms with Gasteiger partial charge < -0.3 is 15.2 Å². The summed E-state index contributed by atoms with van der Waals surface area (Å²) in [5, 5.41) is 12.5. The molecule has 0 aromatic heterocycles. The molecule has 0 bridgehead atoms. The fourth-order valence-corrected chi connectivity index (χ4v) is 2.08. The molecule has 1 saturated heterocycles. The number of nitrogens with zero attached hydrogens (tertiary/aromatic N) is 1. The fraction of sp³-hybridized carbons (Fsp3) is 0.500. The second-order valence-electron chi connectivity index (χ2n) is 4.73. The average molecular weight is 282 g/mol. The van der Waals surface area contributed by atoms with Crippen LogP contribution in [0.5, 0.6) is 0 Å². The number of aliphatic hydroxyl groups excluding tert-OH is 1. The maximum absolute atomic E-state index is 13.4. The number of nitrogens with one attached hydrogen (secondary N) is 1. The van der Waals surface area contributed by atoms with E-state index in [0.717, 1.165) is 13.1 Å². The number of rotatable bonds is 5. The van der Waals surface area contributed by atoms with E-state index in [-0.39, 0.29) is 24.6 Å². The number of aliphatic hydroxyl groups is 1. The number of morpholine rings is 1. The predicted octanol–water partition coefficient (Wildman–Crippen LogP) is 0.308. The van der Waals surface area contributed by atoms with Crippen LogP contribution in [0.3, 0.4) is 0 Å². The van der Waals surface area contributed by atoms with E-state index < -0.39 is 11.9 Å². The number of halogens is 1. The second-order valence-corrected chi connectivity index (χ2v) is 4.73. The number of ether oxygens (including phenoxy) is 1. The van der Waals surface area contributed by atoms with Crippen LogP contribution in [-0.2, 0) is 9.53 Å². The summed E-state index contributed by atoms with van der Waals surface area (Å²) in [5.41, 5.74) is 0.194. The third kappa shape index (κ3) is 4.26. The van der Waals surface area contributed by atoms with Gasteiger partial charge in [0.25, 0.3) is 0 Å². The highest BCUT2D eigenvalue weighted by atomic mass is 19.1. The van der Waals surface area contributed by atoms with E-state index in [0.29, 0.717) is 13.2 Å². The highest BCUT2D eigenvalue weighted by Crippen LogP contribution is 2.15. The zero-order valence-corrected chi connectivity index (χ0v) is 11.2. The summed E-state index contributed by atoms with van der Waals surface area (Å²) in [5.74, 6) is -0.648. The zero-order chi connectivity index (χ0) is 14.4. The van der Waals surface area contributed by atoms with Crippen molar-refractivity contribution in [1.82, 2.24) is 10.2 Å².